The number of hydrogen-bond donors (Lipinski definition) is 2. The van der Waals surface area contributed by atoms with Gasteiger partial charge in [0.1, 0.15) is 0 Å². The molecule has 1 rings (SSSR count). The standard InChI is InChI=1S/C7H15N2.C7H12O4.Pt/c1-8-7-3-5-9(2)6-4-7;1-3-7(4-2,5(8)9)6(10)11;/h7H,3-6H2,1-2H3;3-4H2,1-2H3,(H,8,9)(H,10,11);/q-1;;+2. The van der Waals surface area contributed by atoms with Crippen molar-refractivity contribution in [1.29, 1.82) is 0 Å². The van der Waals surface area contributed by atoms with Gasteiger partial charge >= 0.3 is 33.0 Å². The van der Waals surface area contributed by atoms with Crippen LogP contribution < -0.4 is 0 Å². The van der Waals surface area contributed by atoms with Crippen LogP contribution in [0.2, 0.25) is 0 Å². The minimum absolute atomic E-state index is 0. The normalized spacial score (nSPS) is 16.4. The van der Waals surface area contributed by atoms with Gasteiger partial charge in [0.2, 0.25) is 0 Å². The molecule has 0 unspecified atom stereocenters. The molecule has 0 aromatic carbocycles. The van der Waals surface area contributed by atoms with Crippen LogP contribution in [-0.4, -0.2) is 60.3 Å². The second-order valence-corrected chi connectivity index (χ2v) is 5.19. The van der Waals surface area contributed by atoms with E-state index < -0.39 is 17.4 Å². The predicted molar refractivity (Wildman–Crippen MR) is 78.1 cm³/mol. The molecule has 0 amide bonds. The summed E-state index contributed by atoms with van der Waals surface area (Å²) in [6.45, 7) is 5.57. The van der Waals surface area contributed by atoms with Gasteiger partial charge in [0.05, 0.1) is 0 Å². The third-order valence-corrected chi connectivity index (χ3v) is 4.08. The molecule has 1 fully saturated rings. The number of carboxylic acids is 2. The van der Waals surface area contributed by atoms with Crippen molar-refractivity contribution in [3.8, 4) is 0 Å². The van der Waals surface area contributed by atoms with Gasteiger partial charge in [0, 0.05) is 0 Å². The van der Waals surface area contributed by atoms with E-state index in [1.165, 1.54) is 25.9 Å². The molecule has 0 aromatic heterocycles. The smallest absolute Gasteiger partial charge is 0.662 e. The molecule has 2 N–H and O–H groups in total. The van der Waals surface area contributed by atoms with Crippen molar-refractivity contribution in [2.75, 3.05) is 27.2 Å². The maximum absolute atomic E-state index is 10.5. The summed E-state index contributed by atoms with van der Waals surface area (Å²) in [4.78, 5) is 23.5. The molecule has 1 heterocycles. The Hall–Kier alpha value is -0.452. The van der Waals surface area contributed by atoms with E-state index in [2.05, 4.69) is 17.3 Å². The molecule has 1 aliphatic heterocycles. The van der Waals surface area contributed by atoms with Gasteiger partial charge < -0.3 is 20.4 Å². The van der Waals surface area contributed by atoms with Gasteiger partial charge in [-0.1, -0.05) is 26.7 Å². The zero-order valence-corrected chi connectivity index (χ0v) is 15.5. The van der Waals surface area contributed by atoms with Gasteiger partial charge in [-0.2, -0.15) is 7.05 Å². The van der Waals surface area contributed by atoms with E-state index in [-0.39, 0.29) is 33.9 Å². The predicted octanol–water partition coefficient (Wildman–Crippen LogP) is 2.04. The number of aliphatic carboxylic acids is 2. The average Bonchev–Trinajstić information content (AvgIpc) is 2.41. The second-order valence-electron chi connectivity index (χ2n) is 5.19. The van der Waals surface area contributed by atoms with Gasteiger partial charge in [-0.25, -0.2) is 0 Å². The number of rotatable bonds is 5. The molecular weight excluding hydrogens is 455 g/mol. The first-order chi connectivity index (χ1) is 9.33. The molecule has 6 nitrogen and oxygen atoms in total. The Balaban J connectivity index is 0. The van der Waals surface area contributed by atoms with Crippen LogP contribution in [-0.2, 0) is 30.7 Å². The van der Waals surface area contributed by atoms with E-state index in [0.717, 1.165) is 0 Å². The maximum atomic E-state index is 10.5. The van der Waals surface area contributed by atoms with Gasteiger partial charge in [-0.05, 0) is 33.0 Å². The maximum Gasteiger partial charge on any atom is 2.00 e. The average molecular weight is 482 g/mol. The Morgan fingerprint density at radius 3 is 1.71 bits per heavy atom. The summed E-state index contributed by atoms with van der Waals surface area (Å²) in [5.74, 6) is -2.51. The summed E-state index contributed by atoms with van der Waals surface area (Å²) >= 11 is 0. The van der Waals surface area contributed by atoms with Crippen LogP contribution in [0.4, 0.5) is 0 Å². The first kappa shape index (κ1) is 22.8. The molecular formula is C14H27N2O4Pt+. The largest absolute Gasteiger partial charge is 2.00 e. The summed E-state index contributed by atoms with van der Waals surface area (Å²) in [7, 11) is 4.10. The second kappa shape index (κ2) is 11.2. The fourth-order valence-corrected chi connectivity index (χ4v) is 2.20. The molecule has 126 valence electrons. The van der Waals surface area contributed by atoms with Crippen LogP contribution in [0.5, 0.6) is 0 Å². The molecule has 0 atom stereocenters. The molecule has 0 saturated carbocycles. The van der Waals surface area contributed by atoms with Crippen LogP contribution >= 0.6 is 0 Å². The van der Waals surface area contributed by atoms with Crippen molar-refractivity contribution in [1.82, 2.24) is 4.90 Å². The number of nitrogens with zero attached hydrogens (tertiary/aromatic N) is 2. The molecule has 0 aliphatic carbocycles. The molecule has 21 heavy (non-hydrogen) atoms. The molecule has 1 saturated heterocycles. The first-order valence-corrected chi connectivity index (χ1v) is 7.08. The van der Waals surface area contributed by atoms with E-state index in [1.54, 1.807) is 13.8 Å². The Morgan fingerprint density at radius 2 is 1.52 bits per heavy atom. The fraction of sp³-hybridized carbons (Fsp3) is 0.857. The number of hydrogen-bond acceptors (Lipinski definition) is 3. The third-order valence-electron chi connectivity index (χ3n) is 4.08. The quantitative estimate of drug-likeness (QED) is 0.586. The van der Waals surface area contributed by atoms with Crippen LogP contribution in [0.15, 0.2) is 0 Å². The minimum atomic E-state index is -1.58. The topological polar surface area (TPSA) is 91.9 Å². The van der Waals surface area contributed by atoms with Gasteiger partial charge in [0.25, 0.3) is 0 Å². The van der Waals surface area contributed by atoms with Crippen molar-refractivity contribution in [2.45, 2.75) is 45.6 Å². The van der Waals surface area contributed by atoms with Crippen molar-refractivity contribution in [2.24, 2.45) is 5.41 Å². The van der Waals surface area contributed by atoms with Crippen LogP contribution in [0.3, 0.4) is 0 Å². The van der Waals surface area contributed by atoms with Crippen molar-refractivity contribution in [3.63, 3.8) is 0 Å². The van der Waals surface area contributed by atoms with E-state index in [0.29, 0.717) is 6.04 Å². The third kappa shape index (κ3) is 6.89. The Labute approximate surface area is 141 Å². The Kier molecular flexibility index (Phi) is 12.1. The summed E-state index contributed by atoms with van der Waals surface area (Å²) in [6.07, 6.45) is 2.75. The molecule has 1 aliphatic rings. The Bertz CT molecular complexity index is 298. The first-order valence-electron chi connectivity index (χ1n) is 7.08. The summed E-state index contributed by atoms with van der Waals surface area (Å²) < 4.78 is 0. The van der Waals surface area contributed by atoms with Crippen molar-refractivity contribution < 1.29 is 40.9 Å². The molecule has 0 radical (unpaired) electrons. The van der Waals surface area contributed by atoms with Gasteiger partial charge in [-0.15, -0.1) is 6.04 Å². The van der Waals surface area contributed by atoms with Gasteiger partial charge in [0.15, 0.2) is 5.41 Å². The van der Waals surface area contributed by atoms with Crippen LogP contribution in [0, 0.1) is 5.41 Å². The van der Waals surface area contributed by atoms with E-state index in [4.69, 9.17) is 10.2 Å². The van der Waals surface area contributed by atoms with Crippen LogP contribution in [0.25, 0.3) is 5.32 Å². The fourth-order valence-electron chi connectivity index (χ4n) is 2.20. The summed E-state index contributed by atoms with van der Waals surface area (Å²) in [5, 5.41) is 21.5. The number of carboxylic acid groups (broad SMARTS) is 2. The zero-order valence-electron chi connectivity index (χ0n) is 13.2. The van der Waals surface area contributed by atoms with E-state index in [9.17, 15) is 9.59 Å². The van der Waals surface area contributed by atoms with Crippen LogP contribution in [0.1, 0.15) is 39.5 Å². The summed E-state index contributed by atoms with van der Waals surface area (Å²) in [6, 6.07) is 0.654. The van der Waals surface area contributed by atoms with Gasteiger partial charge in [-0.3, -0.25) is 9.59 Å². The molecule has 0 bridgehead atoms. The van der Waals surface area contributed by atoms with Crippen molar-refractivity contribution in [3.05, 3.63) is 5.32 Å². The van der Waals surface area contributed by atoms with E-state index >= 15 is 0 Å². The molecule has 7 heteroatoms. The minimum Gasteiger partial charge on any atom is -0.662 e. The SMILES string of the molecule is CCC(CC)(C(=O)O)C(=O)O.C[N-]C1CCN(C)CC1.[Pt+2]. The number of likely N-dealkylation sites (tertiary alicyclic amines) is 1. The monoisotopic (exact) mass is 482 g/mol. The number of piperidine rings is 1. The van der Waals surface area contributed by atoms with E-state index in [1.807, 2.05) is 7.05 Å². The Morgan fingerprint density at radius 1 is 1.14 bits per heavy atom. The van der Waals surface area contributed by atoms with Crippen molar-refractivity contribution >= 4 is 11.9 Å². The summed E-state index contributed by atoms with van der Waals surface area (Å²) in [5.41, 5.74) is -1.58. The molecule has 0 aromatic rings. The molecule has 0 spiro atoms. The number of carbonyl (C=O) groups is 2. The zero-order chi connectivity index (χ0) is 15.8.